The first kappa shape index (κ1) is 20.3. The lowest BCUT2D eigenvalue weighted by Crippen LogP contribution is -2.13. The predicted octanol–water partition coefficient (Wildman–Crippen LogP) is 5.64. The van der Waals surface area contributed by atoms with E-state index in [9.17, 15) is 4.79 Å². The molecule has 2 heterocycles. The van der Waals surface area contributed by atoms with Crippen LogP contribution in [0, 0.1) is 0 Å². The van der Waals surface area contributed by atoms with Crippen molar-refractivity contribution < 1.29 is 9.32 Å². The Morgan fingerprint density at radius 1 is 0.788 bits per heavy atom. The van der Waals surface area contributed by atoms with Crippen LogP contribution in [0.5, 0.6) is 0 Å². The maximum Gasteiger partial charge on any atom is 0.255 e. The molecule has 0 radical (unpaired) electrons. The Hall–Kier alpha value is -4.58. The molecule has 6 heteroatoms. The summed E-state index contributed by atoms with van der Waals surface area (Å²) in [5, 5.41) is 7.05. The number of hydrogen-bond acceptors (Lipinski definition) is 5. The summed E-state index contributed by atoms with van der Waals surface area (Å²) >= 11 is 0. The number of para-hydroxylation sites is 1. The third-order valence-corrected chi connectivity index (χ3v) is 5.25. The average Bonchev–Trinajstić information content (AvgIpc) is 3.35. The summed E-state index contributed by atoms with van der Waals surface area (Å²) < 4.78 is 5.42. The van der Waals surface area contributed by atoms with Crippen molar-refractivity contribution >= 4 is 11.6 Å². The van der Waals surface area contributed by atoms with Crippen LogP contribution >= 0.6 is 0 Å². The fraction of sp³-hybridized carbons (Fsp3) is 0.0370. The molecule has 0 aliphatic carbocycles. The normalized spacial score (nSPS) is 10.7. The van der Waals surface area contributed by atoms with Gasteiger partial charge >= 0.3 is 0 Å². The lowest BCUT2D eigenvalue weighted by atomic mass is 10.0. The number of benzene rings is 3. The van der Waals surface area contributed by atoms with Gasteiger partial charge in [-0.1, -0.05) is 65.8 Å². The number of pyridine rings is 1. The van der Waals surface area contributed by atoms with E-state index in [2.05, 4.69) is 20.4 Å². The molecule has 5 aromatic rings. The minimum absolute atomic E-state index is 0.177. The van der Waals surface area contributed by atoms with Crippen molar-refractivity contribution in [3.8, 4) is 22.5 Å². The Morgan fingerprint density at radius 3 is 2.30 bits per heavy atom. The highest BCUT2D eigenvalue weighted by Gasteiger charge is 2.14. The zero-order chi connectivity index (χ0) is 22.5. The summed E-state index contributed by atoms with van der Waals surface area (Å²) in [5.41, 5.74) is 5.13. The Kier molecular flexibility index (Phi) is 5.72. The second-order valence-corrected chi connectivity index (χ2v) is 7.48. The molecule has 6 nitrogen and oxygen atoms in total. The second kappa shape index (κ2) is 9.28. The van der Waals surface area contributed by atoms with Gasteiger partial charge in [0.1, 0.15) is 0 Å². The van der Waals surface area contributed by atoms with Crippen LogP contribution in [0.4, 0.5) is 5.69 Å². The fourth-order valence-corrected chi connectivity index (χ4v) is 3.54. The molecule has 0 saturated carbocycles. The van der Waals surface area contributed by atoms with Gasteiger partial charge in [-0.3, -0.25) is 9.78 Å². The largest absolute Gasteiger partial charge is 0.339 e. The molecule has 160 valence electrons. The van der Waals surface area contributed by atoms with Crippen LogP contribution in [0.2, 0.25) is 0 Å². The van der Waals surface area contributed by atoms with Crippen molar-refractivity contribution in [3.63, 3.8) is 0 Å². The Bertz CT molecular complexity index is 1360. The molecule has 0 atom stereocenters. The molecule has 0 unspecified atom stereocenters. The highest BCUT2D eigenvalue weighted by molar-refractivity contribution is 6.04. The zero-order valence-corrected chi connectivity index (χ0v) is 17.7. The van der Waals surface area contributed by atoms with Gasteiger partial charge in [0, 0.05) is 29.2 Å². The SMILES string of the molecule is O=C(Nc1ccccc1Cc1nc(-c2cccnc2)no1)c1ccc(-c2ccccc2)cc1. The number of aromatic nitrogens is 3. The minimum atomic E-state index is -0.177. The van der Waals surface area contributed by atoms with E-state index in [1.54, 1.807) is 12.4 Å². The van der Waals surface area contributed by atoms with Gasteiger partial charge < -0.3 is 9.84 Å². The van der Waals surface area contributed by atoms with E-state index in [1.807, 2.05) is 91.0 Å². The number of nitrogens with zero attached hydrogens (tertiary/aromatic N) is 3. The van der Waals surface area contributed by atoms with Crippen LogP contribution in [-0.2, 0) is 6.42 Å². The highest BCUT2D eigenvalue weighted by Crippen LogP contribution is 2.23. The maximum atomic E-state index is 12.9. The second-order valence-electron chi connectivity index (χ2n) is 7.48. The monoisotopic (exact) mass is 432 g/mol. The standard InChI is InChI=1S/C27H20N4O2/c32-27(21-14-12-20(13-15-21)19-7-2-1-3-8-19)29-24-11-5-4-9-22(24)17-25-30-26(31-33-25)23-10-6-16-28-18-23/h1-16,18H,17H2,(H,29,32). The van der Waals surface area contributed by atoms with E-state index in [-0.39, 0.29) is 5.91 Å². The van der Waals surface area contributed by atoms with Crippen molar-refractivity contribution in [3.05, 3.63) is 120 Å². The summed E-state index contributed by atoms with van der Waals surface area (Å²) in [6, 6.07) is 28.9. The van der Waals surface area contributed by atoms with Gasteiger partial charge in [-0.25, -0.2) is 0 Å². The van der Waals surface area contributed by atoms with Gasteiger partial charge in [0.05, 0.1) is 6.42 Å². The molecule has 0 spiro atoms. The highest BCUT2D eigenvalue weighted by atomic mass is 16.5. The minimum Gasteiger partial charge on any atom is -0.339 e. The average molecular weight is 432 g/mol. The molecular formula is C27H20N4O2. The summed E-state index contributed by atoms with van der Waals surface area (Å²) in [5.74, 6) is 0.768. The van der Waals surface area contributed by atoms with E-state index < -0.39 is 0 Å². The quantitative estimate of drug-likeness (QED) is 0.375. The van der Waals surface area contributed by atoms with E-state index in [0.717, 1.165) is 22.3 Å². The van der Waals surface area contributed by atoms with Gasteiger partial charge in [0.2, 0.25) is 11.7 Å². The van der Waals surface area contributed by atoms with Crippen molar-refractivity contribution in [2.75, 3.05) is 5.32 Å². The summed E-state index contributed by atoms with van der Waals surface area (Å²) in [4.78, 5) is 21.4. The topological polar surface area (TPSA) is 80.9 Å². The van der Waals surface area contributed by atoms with Crippen LogP contribution in [0.3, 0.4) is 0 Å². The van der Waals surface area contributed by atoms with E-state index in [0.29, 0.717) is 29.4 Å². The lowest BCUT2D eigenvalue weighted by molar-refractivity contribution is 0.102. The van der Waals surface area contributed by atoms with E-state index in [1.165, 1.54) is 0 Å². The molecule has 2 aromatic heterocycles. The van der Waals surface area contributed by atoms with Crippen LogP contribution in [0.15, 0.2) is 108 Å². The van der Waals surface area contributed by atoms with Crippen LogP contribution in [0.1, 0.15) is 21.8 Å². The van der Waals surface area contributed by atoms with Gasteiger partial charge in [0.15, 0.2) is 0 Å². The predicted molar refractivity (Wildman–Crippen MR) is 127 cm³/mol. The molecule has 33 heavy (non-hydrogen) atoms. The first-order chi connectivity index (χ1) is 16.3. The number of anilines is 1. The third kappa shape index (κ3) is 4.70. The molecule has 3 aromatic carbocycles. The van der Waals surface area contributed by atoms with Gasteiger partial charge in [-0.15, -0.1) is 0 Å². The molecule has 1 N–H and O–H groups in total. The van der Waals surface area contributed by atoms with Crippen molar-refractivity contribution in [1.82, 2.24) is 15.1 Å². The lowest BCUT2D eigenvalue weighted by Gasteiger charge is -2.10. The molecule has 0 bridgehead atoms. The molecule has 0 aliphatic heterocycles. The molecule has 0 saturated heterocycles. The molecular weight excluding hydrogens is 412 g/mol. The number of rotatable bonds is 6. The van der Waals surface area contributed by atoms with Crippen molar-refractivity contribution in [2.45, 2.75) is 6.42 Å². The van der Waals surface area contributed by atoms with Crippen molar-refractivity contribution in [1.29, 1.82) is 0 Å². The summed E-state index contributed by atoms with van der Waals surface area (Å²) in [6.45, 7) is 0. The van der Waals surface area contributed by atoms with Crippen LogP contribution in [-0.4, -0.2) is 21.0 Å². The smallest absolute Gasteiger partial charge is 0.255 e. The van der Waals surface area contributed by atoms with Gasteiger partial charge in [-0.05, 0) is 47.0 Å². The molecule has 0 fully saturated rings. The number of carbonyl (C=O) groups excluding carboxylic acids is 1. The van der Waals surface area contributed by atoms with E-state index in [4.69, 9.17) is 4.52 Å². The van der Waals surface area contributed by atoms with E-state index >= 15 is 0 Å². The van der Waals surface area contributed by atoms with Crippen LogP contribution < -0.4 is 5.32 Å². The Balaban J connectivity index is 1.31. The number of amides is 1. The maximum absolute atomic E-state index is 12.9. The summed E-state index contributed by atoms with van der Waals surface area (Å²) in [7, 11) is 0. The van der Waals surface area contributed by atoms with Crippen LogP contribution in [0.25, 0.3) is 22.5 Å². The van der Waals surface area contributed by atoms with Gasteiger partial charge in [0.25, 0.3) is 5.91 Å². The van der Waals surface area contributed by atoms with Crippen molar-refractivity contribution in [2.24, 2.45) is 0 Å². The number of nitrogens with one attached hydrogen (secondary N) is 1. The molecule has 1 amide bonds. The molecule has 0 aliphatic rings. The molecule has 5 rings (SSSR count). The Morgan fingerprint density at radius 2 is 1.52 bits per heavy atom. The third-order valence-electron chi connectivity index (χ3n) is 5.25. The first-order valence-corrected chi connectivity index (χ1v) is 10.5. The number of hydrogen-bond donors (Lipinski definition) is 1. The zero-order valence-electron chi connectivity index (χ0n) is 17.7. The van der Waals surface area contributed by atoms with Gasteiger partial charge in [-0.2, -0.15) is 4.98 Å². The Labute approximate surface area is 191 Å². The fourth-order valence-electron chi connectivity index (χ4n) is 3.54. The summed E-state index contributed by atoms with van der Waals surface area (Å²) in [6.07, 6.45) is 3.78. The first-order valence-electron chi connectivity index (χ1n) is 10.5. The number of carbonyl (C=O) groups is 1.